The summed E-state index contributed by atoms with van der Waals surface area (Å²) in [6.45, 7) is 4.77. The molecule has 78 valence electrons. The van der Waals surface area contributed by atoms with Gasteiger partial charge in [0.25, 0.3) is 0 Å². The third kappa shape index (κ3) is 2.42. The van der Waals surface area contributed by atoms with Gasteiger partial charge in [0, 0.05) is 19.6 Å². The Morgan fingerprint density at radius 3 is 2.57 bits per heavy atom. The van der Waals surface area contributed by atoms with Gasteiger partial charge in [0.05, 0.1) is 5.69 Å². The molecule has 0 aliphatic heterocycles. The molecule has 0 saturated carbocycles. The summed E-state index contributed by atoms with van der Waals surface area (Å²) in [4.78, 5) is 2.12. The van der Waals surface area contributed by atoms with Gasteiger partial charge in [-0.25, -0.2) is 0 Å². The lowest BCUT2D eigenvalue weighted by Crippen LogP contribution is -2.29. The van der Waals surface area contributed by atoms with Crippen LogP contribution in [-0.4, -0.2) is 23.3 Å². The first-order chi connectivity index (χ1) is 6.69. The van der Waals surface area contributed by atoms with Crippen LogP contribution >= 0.6 is 0 Å². The van der Waals surface area contributed by atoms with E-state index in [9.17, 15) is 0 Å². The van der Waals surface area contributed by atoms with Crippen molar-refractivity contribution in [2.24, 2.45) is 5.73 Å². The van der Waals surface area contributed by atoms with Crippen LogP contribution in [0.2, 0.25) is 0 Å². The van der Waals surface area contributed by atoms with Gasteiger partial charge in [-0.2, -0.15) is 5.10 Å². The highest BCUT2D eigenvalue weighted by Crippen LogP contribution is 2.12. The lowest BCUT2D eigenvalue weighted by Gasteiger charge is -2.24. The normalized spacial score (nSPS) is 12.6. The van der Waals surface area contributed by atoms with Crippen LogP contribution in [0, 0.1) is 0 Å². The summed E-state index contributed by atoms with van der Waals surface area (Å²) in [5.41, 5.74) is 6.27. The molecule has 0 bridgehead atoms. The molecule has 1 unspecified atom stereocenters. The smallest absolute Gasteiger partial charge is 0.151 e. The zero-order valence-corrected chi connectivity index (χ0v) is 9.07. The summed E-state index contributed by atoms with van der Waals surface area (Å²) in [6, 6.07) is 4.36. The van der Waals surface area contributed by atoms with Gasteiger partial charge in [-0.3, -0.25) is 0 Å². The zero-order valence-electron chi connectivity index (χ0n) is 9.07. The Bertz CT molecular complexity index is 270. The number of rotatable bonds is 4. The Morgan fingerprint density at radius 1 is 1.43 bits per heavy atom. The SMILES string of the molecule is CCC(C)N(C)c1ccc(CN)nn1. The van der Waals surface area contributed by atoms with Crippen LogP contribution in [0.5, 0.6) is 0 Å². The van der Waals surface area contributed by atoms with E-state index in [4.69, 9.17) is 5.73 Å². The molecule has 1 heterocycles. The topological polar surface area (TPSA) is 55.0 Å². The van der Waals surface area contributed by atoms with Gasteiger partial charge in [-0.05, 0) is 25.5 Å². The van der Waals surface area contributed by atoms with Gasteiger partial charge in [0.2, 0.25) is 0 Å². The van der Waals surface area contributed by atoms with E-state index >= 15 is 0 Å². The summed E-state index contributed by atoms with van der Waals surface area (Å²) < 4.78 is 0. The third-order valence-corrected chi connectivity index (χ3v) is 2.53. The van der Waals surface area contributed by atoms with E-state index in [1.54, 1.807) is 0 Å². The molecule has 0 aromatic carbocycles. The molecule has 2 N–H and O–H groups in total. The average molecular weight is 194 g/mol. The van der Waals surface area contributed by atoms with Crippen molar-refractivity contribution in [3.8, 4) is 0 Å². The van der Waals surface area contributed by atoms with Crippen LogP contribution in [0.25, 0.3) is 0 Å². The van der Waals surface area contributed by atoms with E-state index in [1.807, 2.05) is 19.2 Å². The van der Waals surface area contributed by atoms with Crippen LogP contribution in [0.4, 0.5) is 5.82 Å². The molecule has 1 atom stereocenters. The first-order valence-corrected chi connectivity index (χ1v) is 4.94. The van der Waals surface area contributed by atoms with E-state index in [0.29, 0.717) is 12.6 Å². The molecule has 1 aromatic rings. The van der Waals surface area contributed by atoms with Crippen LogP contribution in [-0.2, 0) is 6.54 Å². The molecule has 4 nitrogen and oxygen atoms in total. The van der Waals surface area contributed by atoms with Gasteiger partial charge in [-0.1, -0.05) is 6.92 Å². The minimum atomic E-state index is 0.445. The summed E-state index contributed by atoms with van der Waals surface area (Å²) in [6.07, 6.45) is 1.09. The van der Waals surface area contributed by atoms with E-state index in [1.165, 1.54) is 0 Å². The van der Waals surface area contributed by atoms with E-state index in [-0.39, 0.29) is 0 Å². The molecule has 0 radical (unpaired) electrons. The molecular weight excluding hydrogens is 176 g/mol. The lowest BCUT2D eigenvalue weighted by atomic mass is 10.2. The third-order valence-electron chi connectivity index (χ3n) is 2.53. The molecule has 0 fully saturated rings. The second-order valence-electron chi connectivity index (χ2n) is 3.46. The zero-order chi connectivity index (χ0) is 10.6. The minimum Gasteiger partial charge on any atom is -0.356 e. The van der Waals surface area contributed by atoms with E-state index in [2.05, 4.69) is 28.9 Å². The molecular formula is C10H18N4. The quantitative estimate of drug-likeness (QED) is 0.781. The summed E-state index contributed by atoms with van der Waals surface area (Å²) in [7, 11) is 2.03. The maximum Gasteiger partial charge on any atom is 0.151 e. The molecule has 0 spiro atoms. The van der Waals surface area contributed by atoms with Crippen molar-refractivity contribution in [3.05, 3.63) is 17.8 Å². The second-order valence-corrected chi connectivity index (χ2v) is 3.46. The molecule has 0 saturated heterocycles. The second kappa shape index (κ2) is 4.91. The number of nitrogens with two attached hydrogens (primary N) is 1. The van der Waals surface area contributed by atoms with Crippen molar-refractivity contribution in [2.75, 3.05) is 11.9 Å². The van der Waals surface area contributed by atoms with Gasteiger partial charge in [-0.15, -0.1) is 5.10 Å². The first kappa shape index (κ1) is 10.9. The fraction of sp³-hybridized carbons (Fsp3) is 0.600. The molecule has 0 amide bonds. The van der Waals surface area contributed by atoms with Crippen LogP contribution in [0.1, 0.15) is 26.0 Å². The molecule has 4 heteroatoms. The number of nitrogens with zero attached hydrogens (tertiary/aromatic N) is 3. The van der Waals surface area contributed by atoms with Crippen LogP contribution in [0.3, 0.4) is 0 Å². The van der Waals surface area contributed by atoms with Gasteiger partial charge < -0.3 is 10.6 Å². The molecule has 0 aliphatic carbocycles. The van der Waals surface area contributed by atoms with Crippen LogP contribution < -0.4 is 10.6 Å². The van der Waals surface area contributed by atoms with E-state index in [0.717, 1.165) is 17.9 Å². The molecule has 0 aliphatic rings. The van der Waals surface area contributed by atoms with Crippen molar-refractivity contribution in [1.82, 2.24) is 10.2 Å². The molecule has 1 rings (SSSR count). The standard InChI is InChI=1S/C10H18N4/c1-4-8(2)14(3)10-6-5-9(7-11)12-13-10/h5-6,8H,4,7,11H2,1-3H3. The van der Waals surface area contributed by atoms with Crippen LogP contribution in [0.15, 0.2) is 12.1 Å². The summed E-state index contributed by atoms with van der Waals surface area (Å²) in [5.74, 6) is 0.900. The van der Waals surface area contributed by atoms with Crippen molar-refractivity contribution in [1.29, 1.82) is 0 Å². The van der Waals surface area contributed by atoms with Gasteiger partial charge >= 0.3 is 0 Å². The predicted molar refractivity (Wildman–Crippen MR) is 58.1 cm³/mol. The van der Waals surface area contributed by atoms with Gasteiger partial charge in [0.15, 0.2) is 5.82 Å². The fourth-order valence-electron chi connectivity index (χ4n) is 1.15. The number of hydrogen-bond acceptors (Lipinski definition) is 4. The Hall–Kier alpha value is -1.16. The number of hydrogen-bond donors (Lipinski definition) is 1. The number of aromatic nitrogens is 2. The maximum atomic E-state index is 5.45. The molecule has 1 aromatic heterocycles. The van der Waals surface area contributed by atoms with Gasteiger partial charge in [0.1, 0.15) is 0 Å². The fourth-order valence-corrected chi connectivity index (χ4v) is 1.15. The lowest BCUT2D eigenvalue weighted by molar-refractivity contribution is 0.651. The summed E-state index contributed by atoms with van der Waals surface area (Å²) >= 11 is 0. The Kier molecular flexibility index (Phi) is 3.83. The largest absolute Gasteiger partial charge is 0.356 e. The number of anilines is 1. The van der Waals surface area contributed by atoms with Crippen molar-refractivity contribution >= 4 is 5.82 Å². The summed E-state index contributed by atoms with van der Waals surface area (Å²) in [5, 5.41) is 8.13. The monoisotopic (exact) mass is 194 g/mol. The first-order valence-electron chi connectivity index (χ1n) is 4.94. The molecule has 14 heavy (non-hydrogen) atoms. The maximum absolute atomic E-state index is 5.45. The Labute approximate surface area is 85.1 Å². The highest BCUT2D eigenvalue weighted by atomic mass is 15.3. The minimum absolute atomic E-state index is 0.445. The Morgan fingerprint density at radius 2 is 2.14 bits per heavy atom. The average Bonchev–Trinajstić information content (AvgIpc) is 2.27. The Balaban J connectivity index is 2.75. The van der Waals surface area contributed by atoms with Crippen molar-refractivity contribution in [3.63, 3.8) is 0 Å². The van der Waals surface area contributed by atoms with Crippen molar-refractivity contribution in [2.45, 2.75) is 32.9 Å². The van der Waals surface area contributed by atoms with Crippen molar-refractivity contribution < 1.29 is 0 Å². The highest BCUT2D eigenvalue weighted by Gasteiger charge is 2.08. The highest BCUT2D eigenvalue weighted by molar-refractivity contribution is 5.37. The predicted octanol–water partition coefficient (Wildman–Crippen LogP) is 1.17. The van der Waals surface area contributed by atoms with E-state index < -0.39 is 0 Å².